The number of hydrogen-bond acceptors (Lipinski definition) is 1. The average Bonchev–Trinajstić information content (AvgIpc) is 3.05. The topological polar surface area (TPSA) is 29.1 Å². The van der Waals surface area contributed by atoms with Crippen molar-refractivity contribution in [1.82, 2.24) is 3.80 Å². The van der Waals surface area contributed by atoms with Gasteiger partial charge in [-0.05, 0) is 0 Å². The Morgan fingerprint density at radius 3 is 2.00 bits per heavy atom. The molecule has 143 valence electrons. The number of nitrogens with one attached hydrogen (secondary N) is 1. The van der Waals surface area contributed by atoms with Crippen molar-refractivity contribution in [3.05, 3.63) is 57.0 Å². The van der Waals surface area contributed by atoms with E-state index in [1.54, 1.807) is 0 Å². The molecule has 1 aromatic rings. The van der Waals surface area contributed by atoms with E-state index in [1.165, 1.54) is 15.0 Å². The third-order valence-corrected chi connectivity index (χ3v) is 15.7. The van der Waals surface area contributed by atoms with Gasteiger partial charge in [-0.3, -0.25) is 0 Å². The van der Waals surface area contributed by atoms with Crippen molar-refractivity contribution in [2.24, 2.45) is 0 Å². The monoisotopic (exact) mass is 446 g/mol. The molecular formula is C20H30Cl2NOSiTi. The number of carbonyl (C=O) groups is 1. The van der Waals surface area contributed by atoms with Gasteiger partial charge in [-0.1, -0.05) is 0 Å². The van der Waals surface area contributed by atoms with Crippen LogP contribution in [0, 0.1) is 0 Å². The molecule has 1 amide bonds. The van der Waals surface area contributed by atoms with E-state index >= 15 is 0 Å². The summed E-state index contributed by atoms with van der Waals surface area (Å²) in [4.78, 5) is 13.3. The van der Waals surface area contributed by atoms with Crippen molar-refractivity contribution < 1.29 is 47.0 Å². The fraction of sp³-hybridized carbons (Fsp3) is 0.450. The molecule has 1 aliphatic rings. The fourth-order valence-electron chi connectivity index (χ4n) is 3.24. The van der Waals surface area contributed by atoms with Crippen molar-refractivity contribution in [2.75, 3.05) is 0 Å². The first-order chi connectivity index (χ1) is 11.3. The molecule has 0 aliphatic heterocycles. The van der Waals surface area contributed by atoms with Crippen molar-refractivity contribution in [3.63, 3.8) is 0 Å². The van der Waals surface area contributed by atoms with Gasteiger partial charge in [0.15, 0.2) is 0 Å². The van der Waals surface area contributed by atoms with Gasteiger partial charge in [-0.15, -0.1) is 0 Å². The Balaban J connectivity index is 0.00000312. The quantitative estimate of drug-likeness (QED) is 0.559. The van der Waals surface area contributed by atoms with Gasteiger partial charge in [0.1, 0.15) is 0 Å². The zero-order chi connectivity index (χ0) is 17.9. The summed E-state index contributed by atoms with van der Waals surface area (Å²) in [5.41, 5.74) is 3.30. The van der Waals surface area contributed by atoms with Gasteiger partial charge in [-0.2, -0.15) is 0 Å². The predicted octanol–water partition coefficient (Wildman–Crippen LogP) is -0.968. The molecule has 0 saturated carbocycles. The molecule has 0 fully saturated rings. The Morgan fingerprint density at radius 1 is 1.08 bits per heavy atom. The zero-order valence-corrected chi connectivity index (χ0v) is 20.8. The molecule has 0 aromatic heterocycles. The van der Waals surface area contributed by atoms with Gasteiger partial charge >= 0.3 is 155 Å². The SMILES string of the molecule is CC(C)c1cccc(C(C)C)c1C(=O)[NH][Ti+2]([C]1=CC=CC1)[SiH](C)C.[Cl-].[Cl-]. The van der Waals surface area contributed by atoms with Crippen LogP contribution in [0.3, 0.4) is 0 Å². The van der Waals surface area contributed by atoms with Gasteiger partial charge < -0.3 is 24.8 Å². The molecule has 1 aromatic carbocycles. The van der Waals surface area contributed by atoms with Crippen LogP contribution in [-0.2, 0) is 17.4 Å². The summed E-state index contributed by atoms with van der Waals surface area (Å²) in [5, 5.41) is 0. The van der Waals surface area contributed by atoms with Crippen LogP contribution in [0.1, 0.15) is 67.4 Å². The summed E-state index contributed by atoms with van der Waals surface area (Å²) < 4.78 is 5.07. The maximum Gasteiger partial charge on any atom is -1.00 e. The standard InChI is InChI=1S/C13H19NO.C5H5.C2H7Si.2ClH.Ti/c1-8(2)10-6-5-7-11(9(3)4)12(10)13(14)15;1-2-4-5-3-1;1-3-2;;;/h5-9H,1-4H3,(H2,14,15);1-3H,4H2;3H,1-2H3;2*1H;/q;;;;;+3/p-3. The molecule has 2 rings (SSSR count). The maximum absolute atomic E-state index is 13.3. The number of halogens is 2. The van der Waals surface area contributed by atoms with E-state index < -0.39 is 24.0 Å². The zero-order valence-electron chi connectivity index (χ0n) is 16.6. The molecule has 1 N–H and O–H groups in total. The molecule has 6 heteroatoms. The summed E-state index contributed by atoms with van der Waals surface area (Å²) in [6, 6.07) is 6.34. The first kappa shape index (κ1) is 25.7. The Hall–Kier alpha value is -0.319. The van der Waals surface area contributed by atoms with Crippen LogP contribution in [0.4, 0.5) is 0 Å². The minimum atomic E-state index is -1.67. The van der Waals surface area contributed by atoms with Crippen molar-refractivity contribution in [3.8, 4) is 0 Å². The van der Waals surface area contributed by atoms with Crippen LogP contribution in [0.25, 0.3) is 0 Å². The third kappa shape index (κ3) is 6.10. The molecular weight excluding hydrogens is 417 g/mol. The van der Waals surface area contributed by atoms with E-state index in [2.05, 4.69) is 81.0 Å². The van der Waals surface area contributed by atoms with Gasteiger partial charge in [0.25, 0.3) is 0 Å². The van der Waals surface area contributed by atoms with Crippen LogP contribution in [0.2, 0.25) is 13.1 Å². The second-order valence-electron chi connectivity index (χ2n) is 7.47. The largest absolute Gasteiger partial charge is 1.00 e. The molecule has 0 radical (unpaired) electrons. The van der Waals surface area contributed by atoms with Crippen LogP contribution in [0.15, 0.2) is 40.3 Å². The number of carbonyl (C=O) groups excluding carboxylic acids is 1. The molecule has 0 unspecified atom stereocenters. The van der Waals surface area contributed by atoms with Crippen molar-refractivity contribution in [1.29, 1.82) is 0 Å². The first-order valence-electron chi connectivity index (χ1n) is 9.00. The molecule has 26 heavy (non-hydrogen) atoms. The molecule has 2 nitrogen and oxygen atoms in total. The average molecular weight is 447 g/mol. The smallest absolute Gasteiger partial charge is 1.00 e. The number of hydrogen-bond donors (Lipinski definition) is 1. The van der Waals surface area contributed by atoms with E-state index in [9.17, 15) is 4.79 Å². The molecule has 0 heterocycles. The Morgan fingerprint density at radius 2 is 1.62 bits per heavy atom. The van der Waals surface area contributed by atoms with Crippen LogP contribution < -0.4 is 28.6 Å². The molecule has 0 bridgehead atoms. The Labute approximate surface area is 178 Å². The first-order valence-corrected chi connectivity index (χ1v) is 16.1. The third-order valence-electron chi connectivity index (χ3n) is 4.54. The number of amides is 1. The Bertz CT molecular complexity index is 646. The summed E-state index contributed by atoms with van der Waals surface area (Å²) in [5.74, 6) is 0.889. The predicted molar refractivity (Wildman–Crippen MR) is 103 cm³/mol. The van der Waals surface area contributed by atoms with E-state index in [0.29, 0.717) is 11.8 Å². The summed E-state index contributed by atoms with van der Waals surface area (Å²) in [6.45, 7) is 12.6. The van der Waals surface area contributed by atoms with Gasteiger partial charge in [-0.25, -0.2) is 0 Å². The maximum atomic E-state index is 13.3. The van der Waals surface area contributed by atoms with E-state index in [4.69, 9.17) is 0 Å². The van der Waals surface area contributed by atoms with E-state index in [-0.39, 0.29) is 30.7 Å². The van der Waals surface area contributed by atoms with Crippen LogP contribution in [0.5, 0.6) is 0 Å². The molecule has 0 atom stereocenters. The van der Waals surface area contributed by atoms with Gasteiger partial charge in [0.05, 0.1) is 0 Å². The van der Waals surface area contributed by atoms with E-state index in [1.807, 2.05) is 0 Å². The van der Waals surface area contributed by atoms with Crippen LogP contribution >= 0.6 is 0 Å². The summed E-state index contributed by atoms with van der Waals surface area (Å²) >= 11 is -1.67. The van der Waals surface area contributed by atoms with Gasteiger partial charge in [0.2, 0.25) is 0 Å². The van der Waals surface area contributed by atoms with Crippen molar-refractivity contribution >= 4 is 12.6 Å². The number of benzene rings is 1. The molecule has 0 saturated heterocycles. The minimum Gasteiger partial charge on any atom is -1.00 e. The number of allylic oxidation sites excluding steroid dienone is 4. The van der Waals surface area contributed by atoms with Crippen molar-refractivity contribution in [2.45, 2.75) is 59.0 Å². The fourth-order valence-corrected chi connectivity index (χ4v) is 12.3. The minimum absolute atomic E-state index is 0. The normalized spacial score (nSPS) is 12.7. The second-order valence-corrected chi connectivity index (χ2v) is 20.3. The van der Waals surface area contributed by atoms with Crippen LogP contribution in [-0.4, -0.2) is 12.6 Å². The van der Waals surface area contributed by atoms with Gasteiger partial charge in [0, 0.05) is 0 Å². The summed E-state index contributed by atoms with van der Waals surface area (Å²) in [7, 11) is 0. The summed E-state index contributed by atoms with van der Waals surface area (Å²) in [6.07, 6.45) is 7.66. The molecule has 0 spiro atoms. The number of rotatable bonds is 6. The molecule has 1 aliphatic carbocycles. The Kier molecular flexibility index (Phi) is 11.4. The second kappa shape index (κ2) is 11.5. The van der Waals surface area contributed by atoms with E-state index in [0.717, 1.165) is 12.0 Å².